The normalized spacial score (nSPS) is 13.3. The highest BCUT2D eigenvalue weighted by Crippen LogP contribution is 2.26. The Balaban J connectivity index is 0.000000295. The van der Waals surface area contributed by atoms with Gasteiger partial charge in [-0.25, -0.2) is 14.5 Å². The van der Waals surface area contributed by atoms with Crippen LogP contribution in [0.1, 0.15) is 13.3 Å². The number of nitrogens with one attached hydrogen (secondary N) is 2. The van der Waals surface area contributed by atoms with E-state index in [1.165, 1.54) is 18.2 Å². The van der Waals surface area contributed by atoms with Crippen LogP contribution in [0.5, 0.6) is 0 Å². The summed E-state index contributed by atoms with van der Waals surface area (Å²) in [5, 5.41) is 5.60. The Morgan fingerprint density at radius 2 is 1.91 bits per heavy atom. The van der Waals surface area contributed by atoms with Crippen LogP contribution in [-0.4, -0.2) is 31.1 Å². The van der Waals surface area contributed by atoms with Gasteiger partial charge in [0.25, 0.3) is 5.91 Å². The molecule has 1 aliphatic rings. The first-order valence-corrected chi connectivity index (χ1v) is 7.21. The predicted molar refractivity (Wildman–Crippen MR) is 85.2 cm³/mol. The van der Waals surface area contributed by atoms with Crippen molar-refractivity contribution in [3.8, 4) is 0 Å². The minimum Gasteiger partial charge on any atom is -0.352 e. The molecule has 0 aliphatic carbocycles. The van der Waals surface area contributed by atoms with Crippen LogP contribution in [0.4, 0.5) is 15.3 Å². The van der Waals surface area contributed by atoms with E-state index in [1.54, 1.807) is 0 Å². The van der Waals surface area contributed by atoms with Crippen molar-refractivity contribution in [1.29, 1.82) is 0 Å². The first-order chi connectivity index (χ1) is 10.3. The third kappa shape index (κ3) is 5.42. The van der Waals surface area contributed by atoms with Gasteiger partial charge in [0, 0.05) is 16.6 Å². The quantitative estimate of drug-likeness (QED) is 0.730. The van der Waals surface area contributed by atoms with E-state index in [0.717, 1.165) is 11.3 Å². The topological polar surface area (TPSA) is 105 Å². The lowest BCUT2D eigenvalue weighted by molar-refractivity contribution is -0.115. The van der Waals surface area contributed by atoms with Crippen molar-refractivity contribution in [2.75, 3.05) is 18.0 Å². The SMILES string of the molecule is CCCNC(N)=O.O=C1CNC(=O)N1c1cc(Cl)cc(Cl)c1. The zero-order valence-corrected chi connectivity index (χ0v) is 13.4. The number of urea groups is 2. The Kier molecular flexibility index (Phi) is 6.94. The third-order valence-electron chi connectivity index (χ3n) is 2.50. The zero-order valence-electron chi connectivity index (χ0n) is 11.9. The lowest BCUT2D eigenvalue weighted by Gasteiger charge is -2.12. The van der Waals surface area contributed by atoms with Crippen LogP contribution in [0.25, 0.3) is 0 Å². The second kappa shape index (κ2) is 8.45. The summed E-state index contributed by atoms with van der Waals surface area (Å²) < 4.78 is 0. The molecule has 0 spiro atoms. The lowest BCUT2D eigenvalue weighted by atomic mass is 10.3. The molecular weight excluding hydrogens is 331 g/mol. The molecule has 1 aromatic rings. The summed E-state index contributed by atoms with van der Waals surface area (Å²) in [6, 6.07) is 3.65. The average Bonchev–Trinajstić information content (AvgIpc) is 2.75. The molecule has 7 nitrogen and oxygen atoms in total. The molecule has 120 valence electrons. The number of nitrogens with zero attached hydrogens (tertiary/aromatic N) is 1. The molecule has 4 N–H and O–H groups in total. The molecule has 1 fully saturated rings. The molecule has 2 rings (SSSR count). The number of carbonyl (C=O) groups excluding carboxylic acids is 3. The number of halogens is 2. The first kappa shape index (κ1) is 18.1. The molecule has 5 amide bonds. The van der Waals surface area contributed by atoms with Gasteiger partial charge >= 0.3 is 12.1 Å². The molecular formula is C13H16Cl2N4O3. The van der Waals surface area contributed by atoms with E-state index >= 15 is 0 Å². The van der Waals surface area contributed by atoms with Crippen molar-refractivity contribution in [3.05, 3.63) is 28.2 Å². The third-order valence-corrected chi connectivity index (χ3v) is 2.93. The number of hydrogen-bond donors (Lipinski definition) is 3. The molecule has 22 heavy (non-hydrogen) atoms. The van der Waals surface area contributed by atoms with Gasteiger partial charge in [-0.1, -0.05) is 30.1 Å². The maximum atomic E-state index is 11.4. The van der Waals surface area contributed by atoms with E-state index in [1.807, 2.05) is 6.92 Å². The van der Waals surface area contributed by atoms with Crippen LogP contribution >= 0.6 is 23.2 Å². The summed E-state index contributed by atoms with van der Waals surface area (Å²) in [5.74, 6) is -0.321. The fourth-order valence-corrected chi connectivity index (χ4v) is 2.11. The molecule has 0 radical (unpaired) electrons. The van der Waals surface area contributed by atoms with Gasteiger partial charge in [0.05, 0.1) is 12.2 Å². The molecule has 0 bridgehead atoms. The minimum absolute atomic E-state index is 0.00294. The molecule has 1 aromatic carbocycles. The number of hydrogen-bond acceptors (Lipinski definition) is 3. The van der Waals surface area contributed by atoms with Crippen molar-refractivity contribution >= 4 is 46.9 Å². The van der Waals surface area contributed by atoms with Crippen LogP contribution in [0.3, 0.4) is 0 Å². The number of carbonyl (C=O) groups is 3. The van der Waals surface area contributed by atoms with Crippen LogP contribution < -0.4 is 21.3 Å². The van der Waals surface area contributed by atoms with Gasteiger partial charge in [0.15, 0.2) is 0 Å². The first-order valence-electron chi connectivity index (χ1n) is 6.45. The summed E-state index contributed by atoms with van der Waals surface area (Å²) in [5.41, 5.74) is 5.11. The highest BCUT2D eigenvalue weighted by Gasteiger charge is 2.30. The Morgan fingerprint density at radius 1 is 1.32 bits per heavy atom. The second-order valence-electron chi connectivity index (χ2n) is 4.31. The number of imide groups is 1. The number of benzene rings is 1. The summed E-state index contributed by atoms with van der Waals surface area (Å²) in [7, 11) is 0. The smallest absolute Gasteiger partial charge is 0.329 e. The Hall–Kier alpha value is -1.99. The summed E-state index contributed by atoms with van der Waals surface area (Å²) in [6.07, 6.45) is 0.933. The van der Waals surface area contributed by atoms with E-state index in [-0.39, 0.29) is 12.5 Å². The lowest BCUT2D eigenvalue weighted by Crippen LogP contribution is -2.30. The van der Waals surface area contributed by atoms with E-state index in [2.05, 4.69) is 10.6 Å². The van der Waals surface area contributed by atoms with Gasteiger partial charge in [0.2, 0.25) is 0 Å². The molecule has 1 aliphatic heterocycles. The molecule has 0 unspecified atom stereocenters. The number of primary amides is 1. The van der Waals surface area contributed by atoms with Gasteiger partial charge in [-0.3, -0.25) is 4.79 Å². The van der Waals surface area contributed by atoms with Gasteiger partial charge < -0.3 is 16.4 Å². The average molecular weight is 347 g/mol. The van der Waals surface area contributed by atoms with Crippen LogP contribution in [-0.2, 0) is 4.79 Å². The molecule has 0 aromatic heterocycles. The van der Waals surface area contributed by atoms with Gasteiger partial charge in [-0.05, 0) is 24.6 Å². The Labute approximate surface area is 137 Å². The maximum Gasteiger partial charge on any atom is 0.329 e. The van der Waals surface area contributed by atoms with E-state index < -0.39 is 12.1 Å². The summed E-state index contributed by atoms with van der Waals surface area (Å²) in [4.78, 5) is 33.6. The summed E-state index contributed by atoms with van der Waals surface area (Å²) >= 11 is 11.5. The maximum absolute atomic E-state index is 11.4. The van der Waals surface area contributed by atoms with Crippen molar-refractivity contribution in [1.82, 2.24) is 10.6 Å². The van der Waals surface area contributed by atoms with Crippen molar-refractivity contribution in [2.45, 2.75) is 13.3 Å². The zero-order chi connectivity index (χ0) is 16.7. The van der Waals surface area contributed by atoms with Gasteiger partial charge in [-0.2, -0.15) is 0 Å². The van der Waals surface area contributed by atoms with Crippen LogP contribution in [0.2, 0.25) is 10.0 Å². The fraction of sp³-hybridized carbons (Fsp3) is 0.308. The fourth-order valence-electron chi connectivity index (χ4n) is 1.60. The van der Waals surface area contributed by atoms with E-state index in [4.69, 9.17) is 28.9 Å². The second-order valence-corrected chi connectivity index (χ2v) is 5.18. The predicted octanol–water partition coefficient (Wildman–Crippen LogP) is 2.11. The molecule has 1 heterocycles. The highest BCUT2D eigenvalue weighted by molar-refractivity contribution is 6.35. The number of nitrogens with two attached hydrogens (primary N) is 1. The Morgan fingerprint density at radius 3 is 2.27 bits per heavy atom. The van der Waals surface area contributed by atoms with Crippen LogP contribution in [0.15, 0.2) is 18.2 Å². The van der Waals surface area contributed by atoms with Gasteiger partial charge in [-0.15, -0.1) is 0 Å². The van der Waals surface area contributed by atoms with Crippen molar-refractivity contribution in [3.63, 3.8) is 0 Å². The molecule has 1 saturated heterocycles. The molecule has 9 heteroatoms. The monoisotopic (exact) mass is 346 g/mol. The Bertz CT molecular complexity index is 544. The summed E-state index contributed by atoms with van der Waals surface area (Å²) in [6.45, 7) is 2.65. The van der Waals surface area contributed by atoms with Crippen molar-refractivity contribution < 1.29 is 14.4 Å². The minimum atomic E-state index is -0.460. The number of rotatable bonds is 3. The largest absolute Gasteiger partial charge is 0.352 e. The highest BCUT2D eigenvalue weighted by atomic mass is 35.5. The molecule has 0 saturated carbocycles. The van der Waals surface area contributed by atoms with Crippen LogP contribution in [0, 0.1) is 0 Å². The standard InChI is InChI=1S/C9H6Cl2N2O2.C4H10N2O/c10-5-1-6(11)3-7(2-5)13-8(14)4-12-9(13)15;1-2-3-6-4(5)7/h1-3H,4H2,(H,12,15);2-3H2,1H3,(H3,5,6,7). The molecule has 0 atom stereocenters. The van der Waals surface area contributed by atoms with E-state index in [0.29, 0.717) is 22.3 Å². The number of anilines is 1. The van der Waals surface area contributed by atoms with Crippen molar-refractivity contribution in [2.24, 2.45) is 5.73 Å². The van der Waals surface area contributed by atoms with Gasteiger partial charge in [0.1, 0.15) is 0 Å². The number of amides is 5. The van der Waals surface area contributed by atoms with E-state index in [9.17, 15) is 14.4 Å².